The molecular weight excluding hydrogens is 304 g/mol. The Morgan fingerprint density at radius 3 is 2.35 bits per heavy atom. The maximum absolute atomic E-state index is 11.2. The SMILES string of the molecule is C[C@H](C/C=C(\C=O)OCc1ccccc1)O[Si](C)(C)C(C)(C)C. The highest BCUT2D eigenvalue weighted by Crippen LogP contribution is 2.37. The van der Waals surface area contributed by atoms with Crippen molar-refractivity contribution in [1.82, 2.24) is 0 Å². The lowest BCUT2D eigenvalue weighted by molar-refractivity contribution is -0.108. The molecule has 0 radical (unpaired) electrons. The van der Waals surface area contributed by atoms with Gasteiger partial charge in [-0.2, -0.15) is 0 Å². The van der Waals surface area contributed by atoms with Gasteiger partial charge in [0.1, 0.15) is 6.61 Å². The number of ether oxygens (including phenoxy) is 1. The lowest BCUT2D eigenvalue weighted by atomic mass is 10.2. The van der Waals surface area contributed by atoms with Gasteiger partial charge in [-0.3, -0.25) is 4.79 Å². The molecule has 0 aliphatic heterocycles. The van der Waals surface area contributed by atoms with E-state index in [1.54, 1.807) is 0 Å². The predicted octanol–water partition coefficient (Wildman–Crippen LogP) is 5.09. The van der Waals surface area contributed by atoms with Gasteiger partial charge in [0, 0.05) is 6.10 Å². The lowest BCUT2D eigenvalue weighted by Crippen LogP contribution is -2.43. The Kier molecular flexibility index (Phi) is 7.23. The minimum atomic E-state index is -1.78. The smallest absolute Gasteiger partial charge is 0.192 e. The highest BCUT2D eigenvalue weighted by Gasteiger charge is 2.38. The summed E-state index contributed by atoms with van der Waals surface area (Å²) in [5.41, 5.74) is 1.05. The molecule has 0 saturated heterocycles. The first-order chi connectivity index (χ1) is 10.7. The molecule has 0 unspecified atom stereocenters. The van der Waals surface area contributed by atoms with E-state index in [0.29, 0.717) is 18.8 Å². The van der Waals surface area contributed by atoms with Gasteiger partial charge < -0.3 is 9.16 Å². The Hall–Kier alpha value is -1.39. The highest BCUT2D eigenvalue weighted by atomic mass is 28.4. The van der Waals surface area contributed by atoms with Gasteiger partial charge >= 0.3 is 0 Å². The molecule has 4 heteroatoms. The molecule has 3 nitrogen and oxygen atoms in total. The Labute approximate surface area is 141 Å². The average Bonchev–Trinajstić information content (AvgIpc) is 2.47. The van der Waals surface area contributed by atoms with Crippen molar-refractivity contribution in [3.05, 3.63) is 47.7 Å². The van der Waals surface area contributed by atoms with E-state index in [4.69, 9.17) is 9.16 Å². The van der Waals surface area contributed by atoms with Crippen molar-refractivity contribution in [2.75, 3.05) is 0 Å². The van der Waals surface area contributed by atoms with Crippen LogP contribution in [0, 0.1) is 0 Å². The molecule has 0 bridgehead atoms. The first-order valence-corrected chi connectivity index (χ1v) is 11.1. The van der Waals surface area contributed by atoms with Gasteiger partial charge in [-0.15, -0.1) is 0 Å². The van der Waals surface area contributed by atoms with Gasteiger partial charge in [-0.05, 0) is 43.1 Å². The molecule has 0 spiro atoms. The number of benzene rings is 1. The van der Waals surface area contributed by atoms with Crippen molar-refractivity contribution in [2.45, 2.75) is 65.0 Å². The largest absolute Gasteiger partial charge is 0.486 e. The molecule has 1 aromatic rings. The maximum atomic E-state index is 11.2. The van der Waals surface area contributed by atoms with Gasteiger partial charge in [0.2, 0.25) is 0 Å². The van der Waals surface area contributed by atoms with Crippen LogP contribution in [-0.4, -0.2) is 20.7 Å². The summed E-state index contributed by atoms with van der Waals surface area (Å²) in [5, 5.41) is 0.183. The first kappa shape index (κ1) is 19.7. The zero-order chi connectivity index (χ0) is 17.5. The summed E-state index contributed by atoms with van der Waals surface area (Å²) in [6.45, 7) is 13.6. The number of carbonyl (C=O) groups excluding carboxylic acids is 1. The van der Waals surface area contributed by atoms with Crippen LogP contribution >= 0.6 is 0 Å². The monoisotopic (exact) mass is 334 g/mol. The molecule has 0 fully saturated rings. The second kappa shape index (κ2) is 8.46. The molecular formula is C19H30O3Si. The van der Waals surface area contributed by atoms with E-state index in [1.165, 1.54) is 0 Å². The number of hydrogen-bond acceptors (Lipinski definition) is 3. The highest BCUT2D eigenvalue weighted by molar-refractivity contribution is 6.74. The van der Waals surface area contributed by atoms with Gasteiger partial charge in [0.05, 0.1) is 0 Å². The van der Waals surface area contributed by atoms with Gasteiger partial charge in [-0.25, -0.2) is 0 Å². The van der Waals surface area contributed by atoms with Crippen molar-refractivity contribution in [2.24, 2.45) is 0 Å². The second-order valence-electron chi connectivity index (χ2n) is 7.42. The van der Waals surface area contributed by atoms with Crippen molar-refractivity contribution in [3.63, 3.8) is 0 Å². The minimum absolute atomic E-state index is 0.0752. The van der Waals surface area contributed by atoms with Crippen LogP contribution in [0.5, 0.6) is 0 Å². The van der Waals surface area contributed by atoms with Gasteiger partial charge in [0.25, 0.3) is 0 Å². The van der Waals surface area contributed by atoms with Crippen LogP contribution < -0.4 is 0 Å². The van der Waals surface area contributed by atoms with Crippen molar-refractivity contribution < 1.29 is 14.0 Å². The maximum Gasteiger partial charge on any atom is 0.192 e. The van der Waals surface area contributed by atoms with Crippen LogP contribution in [0.15, 0.2) is 42.2 Å². The third kappa shape index (κ3) is 6.71. The lowest BCUT2D eigenvalue weighted by Gasteiger charge is -2.38. The van der Waals surface area contributed by atoms with Gasteiger partial charge in [0.15, 0.2) is 20.4 Å². The van der Waals surface area contributed by atoms with Crippen molar-refractivity contribution >= 4 is 14.6 Å². The van der Waals surface area contributed by atoms with E-state index in [0.717, 1.165) is 11.8 Å². The first-order valence-electron chi connectivity index (χ1n) is 8.15. The summed E-state index contributed by atoms with van der Waals surface area (Å²) < 4.78 is 11.9. The third-order valence-corrected chi connectivity index (χ3v) is 8.92. The molecule has 0 saturated carbocycles. The summed E-state index contributed by atoms with van der Waals surface area (Å²) in [6.07, 6.45) is 3.34. The zero-order valence-corrected chi connectivity index (χ0v) is 16.3. The topological polar surface area (TPSA) is 35.5 Å². The molecule has 128 valence electrons. The summed E-state index contributed by atoms with van der Waals surface area (Å²) in [4.78, 5) is 11.2. The number of hydrogen-bond donors (Lipinski definition) is 0. The molecule has 0 aromatic heterocycles. The fourth-order valence-electron chi connectivity index (χ4n) is 1.89. The van der Waals surface area contributed by atoms with Crippen LogP contribution in [0.1, 0.15) is 39.7 Å². The molecule has 1 aromatic carbocycles. The van der Waals surface area contributed by atoms with Crippen LogP contribution in [0.3, 0.4) is 0 Å². The molecule has 0 heterocycles. The fourth-order valence-corrected chi connectivity index (χ4v) is 3.35. The quantitative estimate of drug-likeness (QED) is 0.288. The zero-order valence-electron chi connectivity index (χ0n) is 15.3. The Morgan fingerprint density at radius 2 is 1.83 bits per heavy atom. The van der Waals surface area contributed by atoms with E-state index in [1.807, 2.05) is 36.4 Å². The summed E-state index contributed by atoms with van der Waals surface area (Å²) in [5.74, 6) is 0.375. The third-order valence-electron chi connectivity index (χ3n) is 4.32. The Morgan fingerprint density at radius 1 is 1.22 bits per heavy atom. The molecule has 1 atom stereocenters. The van der Waals surface area contributed by atoms with E-state index in [2.05, 4.69) is 40.8 Å². The Bertz CT molecular complexity index is 515. The molecule has 0 N–H and O–H groups in total. The number of aldehydes is 1. The average molecular weight is 335 g/mol. The molecule has 0 aliphatic carbocycles. The van der Waals surface area contributed by atoms with Crippen LogP contribution in [-0.2, 0) is 20.6 Å². The Balaban J connectivity index is 2.54. The van der Waals surface area contributed by atoms with Crippen LogP contribution in [0.25, 0.3) is 0 Å². The predicted molar refractivity (Wildman–Crippen MR) is 97.7 cm³/mol. The second-order valence-corrected chi connectivity index (χ2v) is 12.2. The standard InChI is InChI=1S/C19H30O3Si/c1-16(22-23(5,6)19(2,3)4)12-13-18(14-20)21-15-17-10-8-7-9-11-17/h7-11,13-14,16H,12,15H2,1-6H3/b18-13+/t16-/m1/s1. The van der Waals surface area contributed by atoms with Crippen LogP contribution in [0.2, 0.25) is 18.1 Å². The van der Waals surface area contributed by atoms with E-state index in [-0.39, 0.29) is 11.1 Å². The summed E-state index contributed by atoms with van der Waals surface area (Å²) in [7, 11) is -1.78. The number of carbonyl (C=O) groups is 1. The minimum Gasteiger partial charge on any atom is -0.486 e. The van der Waals surface area contributed by atoms with Gasteiger partial charge in [-0.1, -0.05) is 51.1 Å². The molecule has 0 amide bonds. The molecule has 1 rings (SSSR count). The summed E-state index contributed by atoms with van der Waals surface area (Å²) >= 11 is 0. The fraction of sp³-hybridized carbons (Fsp3) is 0.526. The number of rotatable bonds is 8. The number of allylic oxidation sites excluding steroid dienone is 1. The molecule has 23 heavy (non-hydrogen) atoms. The van der Waals surface area contributed by atoms with Crippen molar-refractivity contribution in [3.8, 4) is 0 Å². The van der Waals surface area contributed by atoms with Crippen LogP contribution in [0.4, 0.5) is 0 Å². The van der Waals surface area contributed by atoms with Crippen molar-refractivity contribution in [1.29, 1.82) is 0 Å². The van der Waals surface area contributed by atoms with E-state index in [9.17, 15) is 4.79 Å². The molecule has 0 aliphatic rings. The summed E-state index contributed by atoms with van der Waals surface area (Å²) in [6, 6.07) is 9.83. The normalized spacial score (nSPS) is 14.4. The van der Waals surface area contributed by atoms with E-state index >= 15 is 0 Å². The van der Waals surface area contributed by atoms with E-state index < -0.39 is 8.32 Å².